The number of nitro benzene ring substituents is 1. The number of alkyl halides is 1. The highest BCUT2D eigenvalue weighted by molar-refractivity contribution is 6.30. The van der Waals surface area contributed by atoms with Gasteiger partial charge in [-0.25, -0.2) is 0 Å². The van der Waals surface area contributed by atoms with Gasteiger partial charge in [-0.15, -0.1) is 11.6 Å². The molecule has 5 nitrogen and oxygen atoms in total. The normalized spacial score (nSPS) is 11.9. The van der Waals surface area contributed by atoms with Crippen molar-refractivity contribution in [2.24, 2.45) is 0 Å². The third-order valence-corrected chi connectivity index (χ3v) is 2.33. The van der Waals surface area contributed by atoms with E-state index in [2.05, 4.69) is 4.74 Å². The van der Waals surface area contributed by atoms with Crippen LogP contribution in [-0.2, 0) is 16.0 Å². The molecule has 6 heteroatoms. The summed E-state index contributed by atoms with van der Waals surface area (Å²) in [7, 11) is 1.24. The lowest BCUT2D eigenvalue weighted by Gasteiger charge is -2.06. The molecule has 0 spiro atoms. The molecule has 0 aromatic heterocycles. The van der Waals surface area contributed by atoms with Gasteiger partial charge in [0.15, 0.2) is 0 Å². The molecule has 0 fully saturated rings. The summed E-state index contributed by atoms with van der Waals surface area (Å²) in [6.45, 7) is 0. The van der Waals surface area contributed by atoms with Gasteiger partial charge in [0.1, 0.15) is 5.38 Å². The highest BCUT2D eigenvalue weighted by Gasteiger charge is 2.17. The standard InChI is InChI=1S/C10H10ClNO4/c1-16-10(13)9(11)6-7-3-2-4-8(5-7)12(14)15/h2-5,9H,6H2,1H3. The minimum Gasteiger partial charge on any atom is -0.468 e. The summed E-state index contributed by atoms with van der Waals surface area (Å²) in [5.74, 6) is -0.548. The van der Waals surface area contributed by atoms with Crippen LogP contribution in [0.1, 0.15) is 5.56 Å². The summed E-state index contributed by atoms with van der Waals surface area (Å²) >= 11 is 5.75. The molecule has 0 aliphatic heterocycles. The Bertz CT molecular complexity index is 408. The van der Waals surface area contributed by atoms with Gasteiger partial charge in [0.25, 0.3) is 5.69 Å². The molecular formula is C10H10ClNO4. The lowest BCUT2D eigenvalue weighted by molar-refractivity contribution is -0.384. The predicted molar refractivity (Wildman–Crippen MR) is 58.5 cm³/mol. The monoisotopic (exact) mass is 243 g/mol. The second-order valence-corrected chi connectivity index (χ2v) is 3.65. The van der Waals surface area contributed by atoms with Crippen molar-refractivity contribution in [3.8, 4) is 0 Å². The zero-order chi connectivity index (χ0) is 12.1. The summed E-state index contributed by atoms with van der Waals surface area (Å²) in [5, 5.41) is 9.68. The number of halogens is 1. The molecule has 0 saturated carbocycles. The Hall–Kier alpha value is -1.62. The fraction of sp³-hybridized carbons (Fsp3) is 0.300. The number of carbonyl (C=O) groups is 1. The number of hydrogen-bond acceptors (Lipinski definition) is 4. The van der Waals surface area contributed by atoms with Crippen LogP contribution in [0.2, 0.25) is 0 Å². The number of ether oxygens (including phenoxy) is 1. The van der Waals surface area contributed by atoms with Gasteiger partial charge in [0.05, 0.1) is 12.0 Å². The number of non-ortho nitro benzene ring substituents is 1. The van der Waals surface area contributed by atoms with Crippen LogP contribution in [0.25, 0.3) is 0 Å². The molecule has 0 aliphatic rings. The van der Waals surface area contributed by atoms with Crippen molar-refractivity contribution < 1.29 is 14.5 Å². The molecule has 1 rings (SSSR count). The Morgan fingerprint density at radius 1 is 1.62 bits per heavy atom. The Morgan fingerprint density at radius 2 is 2.31 bits per heavy atom. The van der Waals surface area contributed by atoms with Crippen molar-refractivity contribution in [1.82, 2.24) is 0 Å². The van der Waals surface area contributed by atoms with Crippen LogP contribution in [-0.4, -0.2) is 23.4 Å². The van der Waals surface area contributed by atoms with Crippen LogP contribution < -0.4 is 0 Å². The quantitative estimate of drug-likeness (QED) is 0.351. The fourth-order valence-electron chi connectivity index (χ4n) is 1.22. The second-order valence-electron chi connectivity index (χ2n) is 3.12. The Balaban J connectivity index is 2.78. The maximum Gasteiger partial charge on any atom is 0.324 e. The number of methoxy groups -OCH3 is 1. The number of carbonyl (C=O) groups excluding carboxylic acids is 1. The van der Waals surface area contributed by atoms with Gasteiger partial charge < -0.3 is 4.74 Å². The maximum atomic E-state index is 11.0. The van der Waals surface area contributed by atoms with E-state index in [1.807, 2.05) is 0 Å². The Labute approximate surface area is 97.1 Å². The molecule has 1 aromatic rings. The highest BCUT2D eigenvalue weighted by atomic mass is 35.5. The molecule has 0 bridgehead atoms. The van der Waals surface area contributed by atoms with Gasteiger partial charge in [-0.2, -0.15) is 0 Å². The van der Waals surface area contributed by atoms with Gasteiger partial charge in [0, 0.05) is 12.1 Å². The van der Waals surface area contributed by atoms with E-state index in [0.717, 1.165) is 0 Å². The Kier molecular flexibility index (Phi) is 4.25. The molecule has 0 radical (unpaired) electrons. The zero-order valence-electron chi connectivity index (χ0n) is 8.55. The lowest BCUT2D eigenvalue weighted by atomic mass is 10.1. The molecule has 0 heterocycles. The average Bonchev–Trinajstić information content (AvgIpc) is 2.28. The lowest BCUT2D eigenvalue weighted by Crippen LogP contribution is -2.18. The highest BCUT2D eigenvalue weighted by Crippen LogP contribution is 2.16. The largest absolute Gasteiger partial charge is 0.468 e. The summed E-state index contributed by atoms with van der Waals surface area (Å²) < 4.78 is 4.46. The van der Waals surface area contributed by atoms with Crippen LogP contribution in [0.4, 0.5) is 5.69 Å². The number of hydrogen-bond donors (Lipinski definition) is 0. The smallest absolute Gasteiger partial charge is 0.324 e. The number of nitro groups is 1. The van der Waals surface area contributed by atoms with Crippen molar-refractivity contribution in [1.29, 1.82) is 0 Å². The van der Waals surface area contributed by atoms with Crippen molar-refractivity contribution in [3.05, 3.63) is 39.9 Å². The van der Waals surface area contributed by atoms with Crippen molar-refractivity contribution in [2.75, 3.05) is 7.11 Å². The summed E-state index contributed by atoms with van der Waals surface area (Å²) in [6, 6.07) is 5.99. The fourth-order valence-corrected chi connectivity index (χ4v) is 1.48. The van der Waals surface area contributed by atoms with Crippen molar-refractivity contribution in [2.45, 2.75) is 11.8 Å². The molecule has 0 saturated heterocycles. The second kappa shape index (κ2) is 5.46. The molecule has 16 heavy (non-hydrogen) atoms. The molecule has 1 atom stereocenters. The van der Waals surface area contributed by atoms with E-state index < -0.39 is 16.3 Å². The molecule has 0 aliphatic carbocycles. The van der Waals surface area contributed by atoms with E-state index in [-0.39, 0.29) is 12.1 Å². The zero-order valence-corrected chi connectivity index (χ0v) is 9.31. The first-order chi connectivity index (χ1) is 7.54. The number of esters is 1. The van der Waals surface area contributed by atoms with Gasteiger partial charge in [0.2, 0.25) is 0 Å². The Morgan fingerprint density at radius 3 is 2.88 bits per heavy atom. The van der Waals surface area contributed by atoms with Gasteiger partial charge in [-0.1, -0.05) is 12.1 Å². The molecular weight excluding hydrogens is 234 g/mol. The van der Waals surface area contributed by atoms with Crippen LogP contribution in [0.5, 0.6) is 0 Å². The van der Waals surface area contributed by atoms with E-state index in [1.165, 1.54) is 19.2 Å². The van der Waals surface area contributed by atoms with E-state index >= 15 is 0 Å². The minimum absolute atomic E-state index is 0.0220. The molecule has 1 unspecified atom stereocenters. The van der Waals surface area contributed by atoms with E-state index in [0.29, 0.717) is 5.56 Å². The van der Waals surface area contributed by atoms with Gasteiger partial charge in [-0.05, 0) is 12.0 Å². The SMILES string of the molecule is COC(=O)C(Cl)Cc1cccc([N+](=O)[O-])c1. The first-order valence-corrected chi connectivity index (χ1v) is 4.93. The van der Waals surface area contributed by atoms with Crippen LogP contribution in [0, 0.1) is 10.1 Å². The predicted octanol–water partition coefficient (Wildman–Crippen LogP) is 1.92. The van der Waals surface area contributed by atoms with Crippen LogP contribution >= 0.6 is 11.6 Å². The third kappa shape index (κ3) is 3.20. The summed E-state index contributed by atoms with van der Waals surface area (Å²) in [4.78, 5) is 21.1. The average molecular weight is 244 g/mol. The summed E-state index contributed by atoms with van der Waals surface area (Å²) in [6.07, 6.45) is 0.204. The third-order valence-electron chi connectivity index (χ3n) is 1.99. The summed E-state index contributed by atoms with van der Waals surface area (Å²) in [5.41, 5.74) is 0.603. The van der Waals surface area contributed by atoms with E-state index in [4.69, 9.17) is 11.6 Å². The number of rotatable bonds is 4. The minimum atomic E-state index is -0.827. The van der Waals surface area contributed by atoms with E-state index in [9.17, 15) is 14.9 Å². The first kappa shape index (κ1) is 12.4. The number of benzene rings is 1. The molecule has 0 amide bonds. The van der Waals surface area contributed by atoms with Crippen LogP contribution in [0.15, 0.2) is 24.3 Å². The maximum absolute atomic E-state index is 11.0. The van der Waals surface area contributed by atoms with E-state index in [1.54, 1.807) is 12.1 Å². The van der Waals surface area contributed by atoms with Gasteiger partial charge >= 0.3 is 5.97 Å². The number of nitrogens with zero attached hydrogens (tertiary/aromatic N) is 1. The van der Waals surface area contributed by atoms with Crippen LogP contribution in [0.3, 0.4) is 0 Å². The van der Waals surface area contributed by atoms with Gasteiger partial charge in [-0.3, -0.25) is 14.9 Å². The van der Waals surface area contributed by atoms with Crippen molar-refractivity contribution in [3.63, 3.8) is 0 Å². The molecule has 86 valence electrons. The molecule has 0 N–H and O–H groups in total. The molecule has 1 aromatic carbocycles. The van der Waals surface area contributed by atoms with Crippen molar-refractivity contribution >= 4 is 23.3 Å². The first-order valence-electron chi connectivity index (χ1n) is 4.50. The topological polar surface area (TPSA) is 69.4 Å².